The summed E-state index contributed by atoms with van der Waals surface area (Å²) in [4.78, 5) is 28.3. The van der Waals surface area contributed by atoms with Gasteiger partial charge in [-0.05, 0) is 73.0 Å². The van der Waals surface area contributed by atoms with Crippen LogP contribution in [0.4, 0.5) is 0 Å². The average Bonchev–Trinajstić information content (AvgIpc) is 2.98. The fourth-order valence-electron chi connectivity index (χ4n) is 4.23. The number of halogens is 3. The van der Waals surface area contributed by atoms with Crippen LogP contribution in [-0.4, -0.2) is 59.4 Å². The van der Waals surface area contributed by atoms with E-state index in [-0.39, 0.29) is 57.2 Å². The van der Waals surface area contributed by atoms with Crippen molar-refractivity contribution in [2.75, 3.05) is 26.3 Å². The van der Waals surface area contributed by atoms with Gasteiger partial charge in [-0.2, -0.15) is 0 Å². The molecule has 1 aromatic heterocycles. The summed E-state index contributed by atoms with van der Waals surface area (Å²) in [5.74, 6) is 0.282. The average molecular weight is 651 g/mol. The number of aliphatic hydroxyl groups is 2. The Morgan fingerprint density at radius 3 is 2.49 bits per heavy atom. The van der Waals surface area contributed by atoms with Crippen LogP contribution in [0.15, 0.2) is 79.0 Å². The largest absolute Gasteiger partial charge is 0.465 e. The van der Waals surface area contributed by atoms with Gasteiger partial charge in [-0.1, -0.05) is 35.9 Å². The van der Waals surface area contributed by atoms with E-state index in [1.807, 2.05) is 24.3 Å². The summed E-state index contributed by atoms with van der Waals surface area (Å²) in [5, 5.41) is 27.3. The van der Waals surface area contributed by atoms with Crippen LogP contribution in [0, 0.1) is 0 Å². The quantitative estimate of drug-likeness (QED) is 0.148. The van der Waals surface area contributed by atoms with Crippen LogP contribution >= 0.6 is 36.4 Å². The number of rotatable bonds is 13. The van der Waals surface area contributed by atoms with E-state index in [0.29, 0.717) is 39.6 Å². The van der Waals surface area contributed by atoms with Gasteiger partial charge in [-0.25, -0.2) is 0 Å². The second kappa shape index (κ2) is 17.6. The third kappa shape index (κ3) is 10.4. The molecule has 0 bridgehead atoms. The van der Waals surface area contributed by atoms with Crippen molar-refractivity contribution in [3.05, 3.63) is 101 Å². The molecule has 9 nitrogen and oxygen atoms in total. The number of carbonyl (C=O) groups excluding carboxylic acids is 2. The van der Waals surface area contributed by atoms with E-state index in [4.69, 9.17) is 21.1 Å². The van der Waals surface area contributed by atoms with E-state index < -0.39 is 18.0 Å². The highest BCUT2D eigenvalue weighted by Crippen LogP contribution is 2.29. The Balaban J connectivity index is 0.00000323. The molecule has 0 radical (unpaired) electrons. The molecular formula is C31H34Cl3N3O6. The zero-order valence-electron chi connectivity index (χ0n) is 23.4. The first-order valence-electron chi connectivity index (χ1n) is 13.2. The monoisotopic (exact) mass is 649 g/mol. The van der Waals surface area contributed by atoms with Crippen LogP contribution in [0.5, 0.6) is 11.5 Å². The van der Waals surface area contributed by atoms with E-state index in [1.165, 1.54) is 0 Å². The minimum atomic E-state index is -0.747. The van der Waals surface area contributed by atoms with Gasteiger partial charge in [0.05, 0.1) is 24.8 Å². The molecular weight excluding hydrogens is 617 g/mol. The van der Waals surface area contributed by atoms with Gasteiger partial charge in [0, 0.05) is 34.8 Å². The molecule has 12 heteroatoms. The molecule has 0 saturated heterocycles. The van der Waals surface area contributed by atoms with Crippen LogP contribution in [0.2, 0.25) is 5.02 Å². The molecule has 0 saturated carbocycles. The van der Waals surface area contributed by atoms with Crippen LogP contribution in [0.25, 0.3) is 10.9 Å². The van der Waals surface area contributed by atoms with E-state index in [9.17, 15) is 19.8 Å². The number of pyridine rings is 1. The zero-order chi connectivity index (χ0) is 29.2. The molecule has 3 aromatic carbocycles. The molecule has 230 valence electrons. The van der Waals surface area contributed by atoms with Crippen LogP contribution in [0.3, 0.4) is 0 Å². The van der Waals surface area contributed by atoms with Gasteiger partial charge in [0.15, 0.2) is 0 Å². The van der Waals surface area contributed by atoms with Gasteiger partial charge in [-0.3, -0.25) is 14.6 Å². The maximum Gasteiger partial charge on any atom is 0.325 e. The van der Waals surface area contributed by atoms with Crippen molar-refractivity contribution in [2.24, 2.45) is 0 Å². The van der Waals surface area contributed by atoms with Crippen molar-refractivity contribution in [1.29, 1.82) is 0 Å². The van der Waals surface area contributed by atoms with E-state index >= 15 is 0 Å². The number of fused-ring (bicyclic) bond motifs is 1. The van der Waals surface area contributed by atoms with Crippen LogP contribution < -0.4 is 15.4 Å². The van der Waals surface area contributed by atoms with Crippen LogP contribution in [-0.2, 0) is 16.0 Å². The molecule has 4 N–H and O–H groups in total. The van der Waals surface area contributed by atoms with Gasteiger partial charge < -0.3 is 30.3 Å². The lowest BCUT2D eigenvalue weighted by Crippen LogP contribution is -2.37. The Hall–Kier alpha value is -3.44. The molecule has 2 atom stereocenters. The third-order valence-electron chi connectivity index (χ3n) is 6.35. The smallest absolute Gasteiger partial charge is 0.325 e. The van der Waals surface area contributed by atoms with Gasteiger partial charge in [0.2, 0.25) is 0 Å². The van der Waals surface area contributed by atoms with Gasteiger partial charge in [0.1, 0.15) is 18.0 Å². The first-order chi connectivity index (χ1) is 19.9. The molecule has 1 heterocycles. The molecule has 4 aromatic rings. The summed E-state index contributed by atoms with van der Waals surface area (Å²) in [6.45, 7) is 1.92. The number of amides is 1. The number of hydrogen-bond donors (Lipinski definition) is 4. The maximum atomic E-state index is 12.4. The SMILES string of the molecule is CCOC(=O)CNC(=O)c1ccc2c(Oc3ccc(C[C@@H](CO)NC[C@@H](O)c4cccc(Cl)c4)cc3)ccnc2c1.Cl.Cl. The van der Waals surface area contributed by atoms with Crippen molar-refractivity contribution < 1.29 is 29.3 Å². The standard InChI is InChI=1S/C31H32ClN3O6.2ClH/c1-2-40-30(38)18-35-31(39)22-8-11-26-27(16-22)33-13-12-29(26)41-25-9-6-20(7-10-25)14-24(19-36)34-17-28(37)21-4-3-5-23(32)15-21;;/h3-13,15-16,24,28,34,36-37H,2,14,17-19H2,1H3,(H,35,39);2*1H/t24-,28+;;/m0../s1. The molecule has 0 aliphatic heterocycles. The Bertz CT molecular complexity index is 1490. The normalized spacial score (nSPS) is 11.9. The molecule has 0 unspecified atom stereocenters. The topological polar surface area (TPSA) is 130 Å². The highest BCUT2D eigenvalue weighted by Gasteiger charge is 2.14. The number of nitrogens with zero attached hydrogens (tertiary/aromatic N) is 1. The fraction of sp³-hybridized carbons (Fsp3) is 0.258. The summed E-state index contributed by atoms with van der Waals surface area (Å²) in [5.41, 5.74) is 2.63. The second-order valence-corrected chi connectivity index (χ2v) is 9.77. The lowest BCUT2D eigenvalue weighted by molar-refractivity contribution is -0.141. The van der Waals surface area contributed by atoms with Crippen molar-refractivity contribution >= 4 is 59.2 Å². The number of aliphatic hydroxyl groups excluding tert-OH is 2. The summed E-state index contributed by atoms with van der Waals surface area (Å²) >= 11 is 6.01. The number of aromatic nitrogens is 1. The van der Waals surface area contributed by atoms with Gasteiger partial charge >= 0.3 is 5.97 Å². The number of benzene rings is 3. The minimum absolute atomic E-state index is 0. The molecule has 43 heavy (non-hydrogen) atoms. The lowest BCUT2D eigenvalue weighted by Gasteiger charge is -2.19. The second-order valence-electron chi connectivity index (χ2n) is 9.34. The predicted octanol–water partition coefficient (Wildman–Crippen LogP) is 5.04. The predicted molar refractivity (Wildman–Crippen MR) is 171 cm³/mol. The molecule has 0 aliphatic rings. The number of hydrogen-bond acceptors (Lipinski definition) is 8. The fourth-order valence-corrected chi connectivity index (χ4v) is 4.43. The maximum absolute atomic E-state index is 12.4. The first-order valence-corrected chi connectivity index (χ1v) is 13.6. The van der Waals surface area contributed by atoms with Gasteiger partial charge in [0.25, 0.3) is 5.91 Å². The molecule has 1 amide bonds. The summed E-state index contributed by atoms with van der Waals surface area (Å²) < 4.78 is 10.9. The lowest BCUT2D eigenvalue weighted by atomic mass is 10.0. The Kier molecular flexibility index (Phi) is 14.7. The van der Waals surface area contributed by atoms with Crippen LogP contribution in [0.1, 0.15) is 34.5 Å². The summed E-state index contributed by atoms with van der Waals surface area (Å²) in [6.07, 6.45) is 1.41. The first kappa shape index (κ1) is 35.8. The van der Waals surface area contributed by atoms with Crippen molar-refractivity contribution in [3.8, 4) is 11.5 Å². The molecule has 0 fully saturated rings. The zero-order valence-corrected chi connectivity index (χ0v) is 25.8. The number of esters is 1. The van der Waals surface area contributed by atoms with E-state index in [1.54, 1.807) is 61.7 Å². The van der Waals surface area contributed by atoms with Crippen molar-refractivity contribution in [2.45, 2.75) is 25.5 Å². The number of nitrogens with one attached hydrogen (secondary N) is 2. The summed E-state index contributed by atoms with van der Waals surface area (Å²) in [7, 11) is 0. The molecule has 0 spiro atoms. The van der Waals surface area contributed by atoms with E-state index in [2.05, 4.69) is 15.6 Å². The highest BCUT2D eigenvalue weighted by molar-refractivity contribution is 6.30. The van der Waals surface area contributed by atoms with Crippen molar-refractivity contribution in [3.63, 3.8) is 0 Å². The van der Waals surface area contributed by atoms with Gasteiger partial charge in [-0.15, -0.1) is 24.8 Å². The Morgan fingerprint density at radius 1 is 1.02 bits per heavy atom. The Labute approximate surface area is 267 Å². The minimum Gasteiger partial charge on any atom is -0.465 e. The summed E-state index contributed by atoms with van der Waals surface area (Å²) in [6, 6.07) is 21.1. The molecule has 0 aliphatic carbocycles. The number of carbonyl (C=O) groups is 2. The highest BCUT2D eigenvalue weighted by atomic mass is 35.5. The van der Waals surface area contributed by atoms with Crippen molar-refractivity contribution in [1.82, 2.24) is 15.6 Å². The Morgan fingerprint density at radius 2 is 1.79 bits per heavy atom. The van der Waals surface area contributed by atoms with E-state index in [0.717, 1.165) is 10.9 Å². The third-order valence-corrected chi connectivity index (χ3v) is 6.59. The number of ether oxygens (including phenoxy) is 2. The molecule has 4 rings (SSSR count).